The third-order valence-electron chi connectivity index (χ3n) is 8.77. The van der Waals surface area contributed by atoms with Crippen LogP contribution >= 0.6 is 0 Å². The number of sulfonamides is 1. The summed E-state index contributed by atoms with van der Waals surface area (Å²) in [6.45, 7) is 10.5. The highest BCUT2D eigenvalue weighted by atomic mass is 32.2. The number of pyridine rings is 1. The molecule has 0 radical (unpaired) electrons. The fourth-order valence-corrected chi connectivity index (χ4v) is 7.28. The highest BCUT2D eigenvalue weighted by Crippen LogP contribution is 2.45. The predicted molar refractivity (Wildman–Crippen MR) is 169 cm³/mol. The molecule has 14 heteroatoms. The molecule has 1 aromatic carbocycles. The Morgan fingerprint density at radius 2 is 1.89 bits per heavy atom. The third kappa shape index (κ3) is 6.67. The Morgan fingerprint density at radius 3 is 2.48 bits per heavy atom. The molecule has 4 amide bonds. The van der Waals surface area contributed by atoms with Gasteiger partial charge in [-0.1, -0.05) is 26.8 Å². The minimum atomic E-state index is -3.87. The fourth-order valence-electron chi connectivity index (χ4n) is 5.92. The van der Waals surface area contributed by atoms with Crippen LogP contribution in [0.3, 0.4) is 0 Å². The maximum absolute atomic E-state index is 14.1. The number of likely N-dealkylation sites (tertiary alicyclic amines) is 1. The van der Waals surface area contributed by atoms with Crippen molar-refractivity contribution >= 4 is 44.4 Å². The second-order valence-corrected chi connectivity index (χ2v) is 15.3. The number of carbonyl (C=O) groups excluding carboxylic acids is 4. The number of rotatable bonds is 11. The zero-order valence-electron chi connectivity index (χ0n) is 26.7. The van der Waals surface area contributed by atoms with Crippen LogP contribution in [0, 0.1) is 11.3 Å². The van der Waals surface area contributed by atoms with Gasteiger partial charge in [-0.05, 0) is 54.3 Å². The summed E-state index contributed by atoms with van der Waals surface area (Å²) in [7, 11) is -2.30. The number of fused-ring (bicyclic) bond motifs is 1. The average Bonchev–Trinajstić information content (AvgIpc) is 3.91. The lowest BCUT2D eigenvalue weighted by Crippen LogP contribution is -2.60. The Bertz CT molecular complexity index is 1680. The number of methoxy groups -OCH3 is 1. The molecule has 5 atom stereocenters. The number of aromatic nitrogens is 1. The molecule has 2 aromatic rings. The lowest BCUT2D eigenvalue weighted by Gasteiger charge is -2.35. The van der Waals surface area contributed by atoms with Gasteiger partial charge in [0.15, 0.2) is 0 Å². The van der Waals surface area contributed by atoms with E-state index in [1.165, 1.54) is 17.9 Å². The van der Waals surface area contributed by atoms with Crippen molar-refractivity contribution in [2.24, 2.45) is 11.3 Å². The molecule has 3 aliphatic rings. The number of ether oxygens (including phenoxy) is 2. The number of amides is 4. The molecular formula is C32H41N5O8S. The van der Waals surface area contributed by atoms with Crippen molar-refractivity contribution < 1.29 is 37.1 Å². The Balaban J connectivity index is 1.43. The molecule has 1 saturated heterocycles. The van der Waals surface area contributed by atoms with E-state index in [4.69, 9.17) is 9.47 Å². The van der Waals surface area contributed by atoms with Crippen molar-refractivity contribution in [3.8, 4) is 11.6 Å². The lowest BCUT2D eigenvalue weighted by atomic mass is 9.85. The zero-order valence-corrected chi connectivity index (χ0v) is 27.5. The Hall–Kier alpha value is -4.20. The molecule has 46 heavy (non-hydrogen) atoms. The molecule has 3 N–H and O–H groups in total. The van der Waals surface area contributed by atoms with E-state index in [2.05, 4.69) is 26.9 Å². The number of carbonyl (C=O) groups is 4. The summed E-state index contributed by atoms with van der Waals surface area (Å²) in [5.41, 5.74) is -2.23. The Labute approximate surface area is 268 Å². The number of hydrogen-bond acceptors (Lipinski definition) is 9. The van der Waals surface area contributed by atoms with Crippen LogP contribution in [0.2, 0.25) is 0 Å². The molecule has 3 fully saturated rings. The van der Waals surface area contributed by atoms with Crippen LogP contribution in [0.1, 0.15) is 53.4 Å². The smallest absolute Gasteiger partial charge is 0.259 e. The number of hydrogen-bond donors (Lipinski definition) is 3. The second kappa shape index (κ2) is 12.2. The van der Waals surface area contributed by atoms with E-state index in [1.807, 2.05) is 18.2 Å². The summed E-state index contributed by atoms with van der Waals surface area (Å²) in [4.78, 5) is 59.3. The van der Waals surface area contributed by atoms with Gasteiger partial charge in [-0.2, -0.15) is 0 Å². The lowest BCUT2D eigenvalue weighted by molar-refractivity contribution is -0.144. The monoisotopic (exact) mass is 655 g/mol. The van der Waals surface area contributed by atoms with Gasteiger partial charge in [-0.3, -0.25) is 23.9 Å². The molecule has 1 unspecified atom stereocenters. The van der Waals surface area contributed by atoms with E-state index >= 15 is 0 Å². The van der Waals surface area contributed by atoms with E-state index in [1.54, 1.807) is 40.1 Å². The highest BCUT2D eigenvalue weighted by molar-refractivity contribution is 7.91. The van der Waals surface area contributed by atoms with Crippen molar-refractivity contribution in [2.45, 2.75) is 82.4 Å². The molecule has 2 saturated carbocycles. The summed E-state index contributed by atoms with van der Waals surface area (Å²) in [6.07, 6.45) is 3.57. The van der Waals surface area contributed by atoms with Crippen LogP contribution in [0.4, 0.5) is 0 Å². The number of nitrogens with one attached hydrogen (secondary N) is 3. The van der Waals surface area contributed by atoms with Crippen LogP contribution < -0.4 is 24.8 Å². The Morgan fingerprint density at radius 1 is 1.17 bits per heavy atom. The Kier molecular flexibility index (Phi) is 8.79. The molecule has 5 rings (SSSR count). The molecule has 0 spiro atoms. The van der Waals surface area contributed by atoms with Crippen molar-refractivity contribution in [1.29, 1.82) is 0 Å². The molecule has 0 bridgehead atoms. The molecular weight excluding hydrogens is 614 g/mol. The summed E-state index contributed by atoms with van der Waals surface area (Å²) < 4.78 is 38.9. The fraction of sp³-hybridized carbons (Fsp3) is 0.531. The normalized spacial score (nSPS) is 24.9. The van der Waals surface area contributed by atoms with Gasteiger partial charge in [0.2, 0.25) is 33.6 Å². The minimum Gasteiger partial charge on any atom is -0.497 e. The van der Waals surface area contributed by atoms with E-state index in [0.717, 1.165) is 5.39 Å². The molecule has 2 aliphatic carbocycles. The first-order valence-corrected chi connectivity index (χ1v) is 16.8. The summed E-state index contributed by atoms with van der Waals surface area (Å²) in [5, 5.41) is 6.39. The van der Waals surface area contributed by atoms with Gasteiger partial charge in [-0.25, -0.2) is 13.4 Å². The van der Waals surface area contributed by atoms with Gasteiger partial charge in [0.1, 0.15) is 29.5 Å². The SMILES string of the molecule is C=C[C@@H]1C[C@]1(NC(=O)[C@@H]1CC(Oc2nccc3cc(OC)ccc23)CN1C(=O)[C@@H](NC(C)=O)C(C)(C)C)C(=O)NS(=O)(=O)C1CC1. The van der Waals surface area contributed by atoms with Crippen molar-refractivity contribution in [2.75, 3.05) is 13.7 Å². The minimum absolute atomic E-state index is 0.00253. The predicted octanol–water partition coefficient (Wildman–Crippen LogP) is 1.81. The second-order valence-electron chi connectivity index (χ2n) is 13.4. The summed E-state index contributed by atoms with van der Waals surface area (Å²) in [5.74, 6) is -1.90. The highest BCUT2D eigenvalue weighted by Gasteiger charge is 2.62. The van der Waals surface area contributed by atoms with Crippen LogP contribution in [0.15, 0.2) is 43.1 Å². The van der Waals surface area contributed by atoms with E-state index in [0.29, 0.717) is 29.9 Å². The van der Waals surface area contributed by atoms with Gasteiger partial charge in [0, 0.05) is 30.8 Å². The quantitative estimate of drug-likeness (QED) is 0.305. The first-order chi connectivity index (χ1) is 21.6. The van der Waals surface area contributed by atoms with Crippen molar-refractivity contribution in [1.82, 2.24) is 25.2 Å². The summed E-state index contributed by atoms with van der Waals surface area (Å²) in [6, 6.07) is 5.18. The molecule has 248 valence electrons. The maximum atomic E-state index is 14.1. The van der Waals surface area contributed by atoms with Crippen LogP contribution in [-0.4, -0.2) is 84.6 Å². The van der Waals surface area contributed by atoms with Gasteiger partial charge < -0.3 is 25.0 Å². The van der Waals surface area contributed by atoms with Crippen LogP contribution in [0.5, 0.6) is 11.6 Å². The molecule has 2 heterocycles. The largest absolute Gasteiger partial charge is 0.497 e. The van der Waals surface area contributed by atoms with Crippen LogP contribution in [0.25, 0.3) is 10.8 Å². The van der Waals surface area contributed by atoms with Gasteiger partial charge in [0.05, 0.1) is 18.9 Å². The van der Waals surface area contributed by atoms with Crippen molar-refractivity contribution in [3.63, 3.8) is 0 Å². The topological polar surface area (TPSA) is 173 Å². The van der Waals surface area contributed by atoms with Crippen LogP contribution in [-0.2, 0) is 29.2 Å². The van der Waals surface area contributed by atoms with E-state index < -0.39 is 74.0 Å². The molecule has 1 aliphatic heterocycles. The van der Waals surface area contributed by atoms with Crippen molar-refractivity contribution in [3.05, 3.63) is 43.1 Å². The zero-order chi connectivity index (χ0) is 33.6. The first kappa shape index (κ1) is 33.2. The van der Waals surface area contributed by atoms with Gasteiger partial charge in [-0.15, -0.1) is 6.58 Å². The van der Waals surface area contributed by atoms with E-state index in [9.17, 15) is 27.6 Å². The molecule has 1 aromatic heterocycles. The molecule has 13 nitrogen and oxygen atoms in total. The number of nitrogens with zero attached hydrogens (tertiary/aromatic N) is 2. The van der Waals surface area contributed by atoms with Gasteiger partial charge >= 0.3 is 0 Å². The first-order valence-electron chi connectivity index (χ1n) is 15.3. The number of benzene rings is 1. The van der Waals surface area contributed by atoms with Gasteiger partial charge in [0.25, 0.3) is 5.91 Å². The summed E-state index contributed by atoms with van der Waals surface area (Å²) >= 11 is 0. The maximum Gasteiger partial charge on any atom is 0.259 e. The standard InChI is InChI=1S/C32H41N5O8S/c1-7-20-16-32(20,30(41)36-46(42,43)23-9-10-23)35-27(39)25-15-22(17-37(25)29(40)26(31(3,4)5)34-18(2)38)45-28-24-11-8-21(44-6)14-19(24)12-13-33-28/h7-8,11-14,20,22-23,25-26H,1,9-10,15-17H2,2-6H3,(H,34,38)(H,35,39)(H,36,41)/t20-,22?,25+,26-,32-/m1/s1. The van der Waals surface area contributed by atoms with E-state index in [-0.39, 0.29) is 19.4 Å². The third-order valence-corrected chi connectivity index (χ3v) is 10.6. The average molecular weight is 656 g/mol.